The van der Waals surface area contributed by atoms with E-state index in [0.717, 1.165) is 70.0 Å². The number of nitrogens with zero attached hydrogens (tertiary/aromatic N) is 4. The number of nitrogens with one attached hydrogen (secondary N) is 5. The highest BCUT2D eigenvalue weighted by atomic mass is 16.5. The highest BCUT2D eigenvalue weighted by Gasteiger charge is 2.47. The van der Waals surface area contributed by atoms with Crippen molar-refractivity contribution in [2.45, 2.75) is 217 Å². The fourth-order valence-electron chi connectivity index (χ4n) is 13.8. The van der Waals surface area contributed by atoms with Crippen LogP contribution < -0.4 is 26.6 Å². The molecule has 8 N–H and O–H groups in total. The van der Waals surface area contributed by atoms with Gasteiger partial charge in [0.25, 0.3) is 0 Å². The lowest BCUT2D eigenvalue weighted by Gasteiger charge is -2.47. The van der Waals surface area contributed by atoms with E-state index in [1.807, 2.05) is 44.4 Å². The third kappa shape index (κ3) is 13.8. The molecule has 3 aliphatic carbocycles. The number of likely N-dealkylation sites (tertiary alicyclic amines) is 3. The van der Waals surface area contributed by atoms with Gasteiger partial charge in [-0.1, -0.05) is 65.0 Å². The molecule has 7 rings (SSSR count). The van der Waals surface area contributed by atoms with Gasteiger partial charge in [-0.05, 0) is 152 Å². The Balaban J connectivity index is 0.995. The van der Waals surface area contributed by atoms with Crippen LogP contribution in [0.2, 0.25) is 0 Å². The van der Waals surface area contributed by atoms with Crippen LogP contribution in [0.15, 0.2) is 36.1 Å². The molecule has 0 bridgehead atoms. The number of carbonyl (C=O) groups excluding carboxylic acids is 3. The zero-order valence-electron chi connectivity index (χ0n) is 44.7. The molecule has 1 saturated carbocycles. The first-order valence-electron chi connectivity index (χ1n) is 28.1. The van der Waals surface area contributed by atoms with Crippen molar-refractivity contribution in [3.05, 3.63) is 36.1 Å². The van der Waals surface area contributed by atoms with E-state index in [-0.39, 0.29) is 35.7 Å². The van der Waals surface area contributed by atoms with Gasteiger partial charge in [-0.3, -0.25) is 34.5 Å². The number of alkyl carbamates (subject to hydrolysis) is 1. The second-order valence-electron chi connectivity index (χ2n) is 23.4. The first kappa shape index (κ1) is 55.7. The van der Waals surface area contributed by atoms with Crippen molar-refractivity contribution in [3.8, 4) is 0 Å². The summed E-state index contributed by atoms with van der Waals surface area (Å²) in [6.45, 7) is 12.2. The molecule has 4 fully saturated rings. The minimum atomic E-state index is -0.952. The number of hydrogen-bond donors (Lipinski definition) is 8. The fourth-order valence-corrected chi connectivity index (χ4v) is 13.8. The summed E-state index contributed by atoms with van der Waals surface area (Å²) < 4.78 is 4.85. The molecule has 0 radical (unpaired) electrons. The lowest BCUT2D eigenvalue weighted by Crippen LogP contribution is -2.58. The smallest absolute Gasteiger partial charge is 0.407 e. The molecular weight excluding hydrogens is 899 g/mol. The summed E-state index contributed by atoms with van der Waals surface area (Å²) in [5.41, 5.74) is 1.08. The summed E-state index contributed by atoms with van der Waals surface area (Å²) in [5.74, 6) is 2.09. The Morgan fingerprint density at radius 2 is 1.45 bits per heavy atom. The van der Waals surface area contributed by atoms with E-state index in [1.165, 1.54) is 45.6 Å². The van der Waals surface area contributed by atoms with Crippen LogP contribution in [0.1, 0.15) is 144 Å². The van der Waals surface area contributed by atoms with Crippen LogP contribution >= 0.6 is 0 Å². The molecule has 0 aromatic heterocycles. The summed E-state index contributed by atoms with van der Waals surface area (Å²) in [7, 11) is 5.58. The van der Waals surface area contributed by atoms with Gasteiger partial charge in [0.2, 0.25) is 11.8 Å². The minimum absolute atomic E-state index is 0.0166. The van der Waals surface area contributed by atoms with Crippen molar-refractivity contribution in [1.82, 2.24) is 46.2 Å². The Labute approximate surface area is 426 Å². The summed E-state index contributed by atoms with van der Waals surface area (Å²) in [6.07, 6.45) is 25.2. The lowest BCUT2D eigenvalue weighted by atomic mass is 9.75. The van der Waals surface area contributed by atoms with Crippen LogP contribution in [0.3, 0.4) is 0 Å². The average Bonchev–Trinajstić information content (AvgIpc) is 4.17. The van der Waals surface area contributed by atoms with Gasteiger partial charge in [0.1, 0.15) is 18.7 Å². The molecule has 16 nitrogen and oxygen atoms in total. The largest absolute Gasteiger partial charge is 0.453 e. The van der Waals surface area contributed by atoms with Crippen LogP contribution in [-0.4, -0.2) is 167 Å². The zero-order chi connectivity index (χ0) is 50.9. The van der Waals surface area contributed by atoms with Gasteiger partial charge >= 0.3 is 6.09 Å². The number of rotatable bonds is 20. The predicted octanol–water partition coefficient (Wildman–Crippen LogP) is 4.97. The lowest BCUT2D eigenvalue weighted by molar-refractivity contribution is -0.133. The van der Waals surface area contributed by atoms with E-state index in [9.17, 15) is 29.7 Å². The van der Waals surface area contributed by atoms with Gasteiger partial charge in [0.05, 0.1) is 37.4 Å². The van der Waals surface area contributed by atoms with E-state index < -0.39 is 42.9 Å². The number of aliphatic hydroxyl groups is 3. The van der Waals surface area contributed by atoms with Crippen molar-refractivity contribution in [2.24, 2.45) is 35.5 Å². The van der Waals surface area contributed by atoms with Gasteiger partial charge in [0.15, 0.2) is 0 Å². The molecule has 4 unspecified atom stereocenters. The summed E-state index contributed by atoms with van der Waals surface area (Å²) in [5, 5.41) is 51.2. The normalized spacial score (nSPS) is 34.2. The van der Waals surface area contributed by atoms with Gasteiger partial charge in [0, 0.05) is 55.9 Å². The number of hydrogen-bond acceptors (Lipinski definition) is 13. The second kappa shape index (κ2) is 25.9. The number of ether oxygens (including phenoxy) is 1. The Kier molecular flexibility index (Phi) is 20.3. The number of aliphatic hydroxyl groups excluding tert-OH is 3. The Morgan fingerprint density at radius 1 is 0.775 bits per heavy atom. The van der Waals surface area contributed by atoms with E-state index >= 15 is 0 Å². The highest BCUT2D eigenvalue weighted by Crippen LogP contribution is 2.45. The topological polar surface area (TPSA) is 194 Å². The monoisotopic (exact) mass is 994 g/mol. The maximum absolute atomic E-state index is 14.0. The molecule has 7 aliphatic rings. The molecule has 0 spiro atoms. The molecule has 402 valence electrons. The SMILES string of the molecule is CCCC(=O)N[C@@H](C(C)C)[C@H](O)N1CCC[C@H]1C(=O)N[C@@H]1C=C[C@H](C2CCC([C@@H]3CC=C(N[C@@H](O)[C@@H]4CCCN4[C@@H](O)[C@@H](NC(=O)OC)C(C)C)CC3)N2C2CCC(C3C=CC(N(C)C)NC3)CC2)CC1. The summed E-state index contributed by atoms with van der Waals surface area (Å²) in [4.78, 5) is 47.8. The maximum atomic E-state index is 14.0. The van der Waals surface area contributed by atoms with Crippen LogP contribution in [0.4, 0.5) is 4.79 Å². The second-order valence-corrected chi connectivity index (χ2v) is 23.4. The van der Waals surface area contributed by atoms with E-state index in [1.54, 1.807) is 0 Å². The molecule has 0 aromatic carbocycles. The predicted molar refractivity (Wildman–Crippen MR) is 278 cm³/mol. The third-order valence-electron chi connectivity index (χ3n) is 17.8. The van der Waals surface area contributed by atoms with Crippen molar-refractivity contribution in [3.63, 3.8) is 0 Å². The standard InChI is InChI=1S/C55H95N9O7/c1-9-12-48(65)59-49(34(2)3)53(68)62-31-10-13-45(62)51(66)57-40-22-15-37(16-23-40)43-28-29-44(64(43)42-26-19-36(20-27-42)39-21-30-47(56-33-39)61(6)7)38-17-24-41(25-18-38)58-52(67)46-14-11-32-63(46)54(69)50(35(4)5)60-55(70)71-8/h15,21-22,24,30,34-40,42-47,49-50,52-54,56,58,67-69H,9-14,16-20,23,25-29,31-33H2,1-8H3,(H,57,66)(H,59,65)(H,60,70)/t36?,37-,38+,39?,40+,42?,43?,44?,45-,46-,47?,49-,50-,52-,53-,54-/m0/s1. The van der Waals surface area contributed by atoms with E-state index in [0.29, 0.717) is 73.9 Å². The number of methoxy groups -OCH3 is 1. The van der Waals surface area contributed by atoms with Gasteiger partial charge in [-0.2, -0.15) is 0 Å². The Bertz CT molecular complexity index is 1820. The zero-order valence-corrected chi connectivity index (χ0v) is 44.7. The molecule has 4 aliphatic heterocycles. The molecule has 16 heteroatoms. The number of amides is 3. The maximum Gasteiger partial charge on any atom is 0.407 e. The molecule has 3 amide bonds. The third-order valence-corrected chi connectivity index (χ3v) is 17.8. The van der Waals surface area contributed by atoms with Gasteiger partial charge in [-0.25, -0.2) is 4.79 Å². The summed E-state index contributed by atoms with van der Waals surface area (Å²) >= 11 is 0. The van der Waals surface area contributed by atoms with Crippen LogP contribution in [0.25, 0.3) is 0 Å². The van der Waals surface area contributed by atoms with Gasteiger partial charge in [-0.15, -0.1) is 0 Å². The Morgan fingerprint density at radius 3 is 2.07 bits per heavy atom. The minimum Gasteiger partial charge on any atom is -0.453 e. The van der Waals surface area contributed by atoms with Crippen molar-refractivity contribution >= 4 is 17.9 Å². The molecule has 14 atom stereocenters. The number of carbonyl (C=O) groups is 3. The number of likely N-dealkylation sites (N-methyl/N-ethyl adjacent to an activating group) is 1. The number of allylic oxidation sites excluding steroid dienone is 2. The summed E-state index contributed by atoms with van der Waals surface area (Å²) in [6, 6.07) is -0.256. The van der Waals surface area contributed by atoms with Crippen molar-refractivity contribution in [1.29, 1.82) is 0 Å². The first-order valence-corrected chi connectivity index (χ1v) is 28.1. The van der Waals surface area contributed by atoms with Crippen LogP contribution in [0.5, 0.6) is 0 Å². The molecule has 0 aromatic rings. The van der Waals surface area contributed by atoms with E-state index in [4.69, 9.17) is 4.74 Å². The highest BCUT2D eigenvalue weighted by molar-refractivity contribution is 5.82. The molecular formula is C55H95N9O7. The van der Waals surface area contributed by atoms with Crippen molar-refractivity contribution in [2.75, 3.05) is 40.8 Å². The van der Waals surface area contributed by atoms with Crippen LogP contribution in [0, 0.1) is 35.5 Å². The molecule has 71 heavy (non-hydrogen) atoms. The average molecular weight is 994 g/mol. The van der Waals surface area contributed by atoms with Crippen molar-refractivity contribution < 1.29 is 34.4 Å². The van der Waals surface area contributed by atoms with Crippen LogP contribution in [-0.2, 0) is 14.3 Å². The molecule has 4 heterocycles. The first-order chi connectivity index (χ1) is 34.1. The van der Waals surface area contributed by atoms with E-state index in [2.05, 4.69) is 80.9 Å². The Hall–Kier alpha value is -3.09. The quantitative estimate of drug-likeness (QED) is 0.0603. The van der Waals surface area contributed by atoms with Gasteiger partial charge < -0.3 is 41.3 Å². The molecule has 3 saturated heterocycles. The fraction of sp³-hybridized carbons (Fsp3) is 0.836.